The Morgan fingerprint density at radius 2 is 2.11 bits per heavy atom. The summed E-state index contributed by atoms with van der Waals surface area (Å²) in [6.07, 6.45) is 3.20. The van der Waals surface area contributed by atoms with Crippen molar-refractivity contribution < 1.29 is 5.11 Å². The van der Waals surface area contributed by atoms with Gasteiger partial charge in [0.05, 0.1) is 5.52 Å². The van der Waals surface area contributed by atoms with Gasteiger partial charge in [0.25, 0.3) is 0 Å². The minimum Gasteiger partial charge on any atom is -0.396 e. The Morgan fingerprint density at radius 3 is 2.79 bits per heavy atom. The van der Waals surface area contributed by atoms with E-state index in [2.05, 4.69) is 42.1 Å². The molecule has 0 amide bonds. The molecule has 0 bridgehead atoms. The average molecular weight is 259 g/mol. The minimum atomic E-state index is -0.153. The maximum Gasteiger partial charge on any atom is 0.137 e. The summed E-state index contributed by atoms with van der Waals surface area (Å²) in [5, 5.41) is 13.7. The molecule has 1 aromatic heterocycles. The zero-order valence-corrected chi connectivity index (χ0v) is 11.8. The van der Waals surface area contributed by atoms with Crippen molar-refractivity contribution in [3.05, 3.63) is 30.1 Å². The van der Waals surface area contributed by atoms with E-state index in [4.69, 9.17) is 0 Å². The van der Waals surface area contributed by atoms with E-state index in [1.807, 2.05) is 12.1 Å². The minimum absolute atomic E-state index is 0.153. The molecule has 0 spiro atoms. The van der Waals surface area contributed by atoms with Crippen LogP contribution in [0.4, 0.5) is 5.82 Å². The van der Waals surface area contributed by atoms with Crippen LogP contribution in [-0.4, -0.2) is 27.2 Å². The second-order valence-corrected chi connectivity index (χ2v) is 5.26. The Bertz CT molecular complexity index is 570. The monoisotopic (exact) mass is 259 g/mol. The van der Waals surface area contributed by atoms with E-state index in [1.165, 1.54) is 5.56 Å². The van der Waals surface area contributed by atoms with Gasteiger partial charge in [-0.05, 0) is 38.8 Å². The highest BCUT2D eigenvalue weighted by molar-refractivity contribution is 5.89. The molecule has 0 radical (unpaired) electrons. The van der Waals surface area contributed by atoms with Crippen LogP contribution in [0.15, 0.2) is 24.5 Å². The first kappa shape index (κ1) is 13.7. The zero-order valence-electron chi connectivity index (χ0n) is 11.8. The molecule has 0 fully saturated rings. The highest BCUT2D eigenvalue weighted by atomic mass is 16.3. The van der Waals surface area contributed by atoms with Crippen LogP contribution in [0.5, 0.6) is 0 Å². The van der Waals surface area contributed by atoms with E-state index >= 15 is 0 Å². The van der Waals surface area contributed by atoms with Crippen LogP contribution in [0, 0.1) is 6.92 Å². The largest absolute Gasteiger partial charge is 0.396 e. The number of fused-ring (bicyclic) bond motifs is 1. The molecule has 0 aliphatic rings. The molecular weight excluding hydrogens is 238 g/mol. The molecule has 19 heavy (non-hydrogen) atoms. The van der Waals surface area contributed by atoms with Crippen molar-refractivity contribution in [2.45, 2.75) is 39.2 Å². The normalized spacial score (nSPS) is 14.3. The van der Waals surface area contributed by atoms with Crippen LogP contribution in [0.25, 0.3) is 10.9 Å². The summed E-state index contributed by atoms with van der Waals surface area (Å²) < 4.78 is 0. The van der Waals surface area contributed by atoms with E-state index in [-0.39, 0.29) is 12.1 Å². The number of hydrogen-bond acceptors (Lipinski definition) is 4. The maximum absolute atomic E-state index is 9.20. The summed E-state index contributed by atoms with van der Waals surface area (Å²) in [6.45, 7) is 6.44. The van der Waals surface area contributed by atoms with Crippen molar-refractivity contribution in [2.75, 3.05) is 11.9 Å². The van der Waals surface area contributed by atoms with Crippen molar-refractivity contribution >= 4 is 16.7 Å². The summed E-state index contributed by atoms with van der Waals surface area (Å²) in [4.78, 5) is 8.64. The van der Waals surface area contributed by atoms with Gasteiger partial charge in [0.1, 0.15) is 12.1 Å². The summed E-state index contributed by atoms with van der Waals surface area (Å²) >= 11 is 0. The number of hydrogen-bond donors (Lipinski definition) is 2. The average Bonchev–Trinajstić information content (AvgIpc) is 2.40. The van der Waals surface area contributed by atoms with E-state index in [0.717, 1.165) is 23.1 Å². The van der Waals surface area contributed by atoms with E-state index in [0.29, 0.717) is 6.42 Å². The highest BCUT2D eigenvalue weighted by Gasteiger charge is 2.22. The molecule has 1 heterocycles. The van der Waals surface area contributed by atoms with Gasteiger partial charge in [0.15, 0.2) is 0 Å². The van der Waals surface area contributed by atoms with Gasteiger partial charge in [-0.1, -0.05) is 18.6 Å². The standard InChI is InChI=1S/C15H21N3O/c1-4-15(3,7-8-19)18-14-12-9-11(2)5-6-13(12)16-10-17-14/h5-6,9-10,19H,4,7-8H2,1-3H3,(H,16,17,18). The predicted octanol–water partition coefficient (Wildman–Crippen LogP) is 2.90. The van der Waals surface area contributed by atoms with Gasteiger partial charge in [-0.15, -0.1) is 0 Å². The zero-order chi connectivity index (χ0) is 13.9. The van der Waals surface area contributed by atoms with Crippen molar-refractivity contribution in [2.24, 2.45) is 0 Å². The molecule has 4 nitrogen and oxygen atoms in total. The third-order valence-corrected chi connectivity index (χ3v) is 3.65. The Balaban J connectivity index is 2.42. The van der Waals surface area contributed by atoms with Gasteiger partial charge >= 0.3 is 0 Å². The number of aliphatic hydroxyl groups is 1. The lowest BCUT2D eigenvalue weighted by Gasteiger charge is -2.30. The van der Waals surface area contributed by atoms with Crippen LogP contribution in [0.3, 0.4) is 0 Å². The quantitative estimate of drug-likeness (QED) is 0.867. The first-order chi connectivity index (χ1) is 9.08. The van der Waals surface area contributed by atoms with E-state index < -0.39 is 0 Å². The number of nitrogens with zero attached hydrogens (tertiary/aromatic N) is 2. The van der Waals surface area contributed by atoms with Gasteiger partial charge < -0.3 is 10.4 Å². The Labute approximate surface area is 113 Å². The lowest BCUT2D eigenvalue weighted by atomic mass is 9.94. The third-order valence-electron chi connectivity index (χ3n) is 3.65. The predicted molar refractivity (Wildman–Crippen MR) is 78.3 cm³/mol. The van der Waals surface area contributed by atoms with Crippen molar-refractivity contribution in [1.82, 2.24) is 9.97 Å². The molecule has 1 atom stereocenters. The summed E-state index contributed by atoms with van der Waals surface area (Å²) in [5.41, 5.74) is 1.97. The molecule has 1 unspecified atom stereocenters. The summed E-state index contributed by atoms with van der Waals surface area (Å²) in [5.74, 6) is 0.839. The molecule has 0 aliphatic carbocycles. The van der Waals surface area contributed by atoms with Crippen LogP contribution in [0.1, 0.15) is 32.3 Å². The lowest BCUT2D eigenvalue weighted by molar-refractivity contribution is 0.252. The van der Waals surface area contributed by atoms with Crippen LogP contribution in [0.2, 0.25) is 0 Å². The van der Waals surface area contributed by atoms with Gasteiger partial charge in [-0.25, -0.2) is 9.97 Å². The Kier molecular flexibility index (Phi) is 4.00. The second kappa shape index (κ2) is 5.53. The van der Waals surface area contributed by atoms with Gasteiger partial charge in [0.2, 0.25) is 0 Å². The van der Waals surface area contributed by atoms with Gasteiger partial charge in [-0.3, -0.25) is 0 Å². The lowest BCUT2D eigenvalue weighted by Crippen LogP contribution is -2.35. The molecule has 0 saturated carbocycles. The summed E-state index contributed by atoms with van der Waals surface area (Å²) in [6, 6.07) is 6.14. The molecule has 2 aromatic rings. The van der Waals surface area contributed by atoms with Crippen LogP contribution >= 0.6 is 0 Å². The third kappa shape index (κ3) is 3.01. The molecule has 0 aliphatic heterocycles. The SMILES string of the molecule is CCC(C)(CCO)Nc1ncnc2ccc(C)cc12. The number of benzene rings is 1. The second-order valence-electron chi connectivity index (χ2n) is 5.26. The maximum atomic E-state index is 9.20. The molecule has 2 rings (SSSR count). The van der Waals surface area contributed by atoms with E-state index in [9.17, 15) is 5.11 Å². The molecule has 0 saturated heterocycles. The van der Waals surface area contributed by atoms with E-state index in [1.54, 1.807) is 6.33 Å². The summed E-state index contributed by atoms with van der Waals surface area (Å²) in [7, 11) is 0. The van der Waals surface area contributed by atoms with Crippen molar-refractivity contribution in [1.29, 1.82) is 0 Å². The molecule has 102 valence electrons. The fraction of sp³-hybridized carbons (Fsp3) is 0.467. The highest BCUT2D eigenvalue weighted by Crippen LogP contribution is 2.26. The van der Waals surface area contributed by atoms with Crippen LogP contribution in [-0.2, 0) is 0 Å². The van der Waals surface area contributed by atoms with Gasteiger partial charge in [-0.2, -0.15) is 0 Å². The number of nitrogens with one attached hydrogen (secondary N) is 1. The number of aliphatic hydroxyl groups excluding tert-OH is 1. The number of anilines is 1. The Morgan fingerprint density at radius 1 is 1.32 bits per heavy atom. The fourth-order valence-corrected chi connectivity index (χ4v) is 2.13. The topological polar surface area (TPSA) is 58.0 Å². The molecule has 2 N–H and O–H groups in total. The molecule has 4 heteroatoms. The first-order valence-corrected chi connectivity index (χ1v) is 6.68. The fourth-order valence-electron chi connectivity index (χ4n) is 2.13. The first-order valence-electron chi connectivity index (χ1n) is 6.68. The Hall–Kier alpha value is -1.68. The molecular formula is C15H21N3O. The van der Waals surface area contributed by atoms with Gasteiger partial charge in [0, 0.05) is 17.5 Å². The molecule has 1 aromatic carbocycles. The smallest absolute Gasteiger partial charge is 0.137 e. The van der Waals surface area contributed by atoms with Crippen LogP contribution < -0.4 is 5.32 Å². The van der Waals surface area contributed by atoms with Crippen molar-refractivity contribution in [3.63, 3.8) is 0 Å². The van der Waals surface area contributed by atoms with Crippen molar-refractivity contribution in [3.8, 4) is 0 Å². The number of aryl methyl sites for hydroxylation is 1. The number of rotatable bonds is 5. The number of aromatic nitrogens is 2.